The Labute approximate surface area is 187 Å². The first-order valence-electron chi connectivity index (χ1n) is 11.5. The summed E-state index contributed by atoms with van der Waals surface area (Å²) < 4.78 is 0. The molecule has 0 radical (unpaired) electrons. The molecule has 5 nitrogen and oxygen atoms in total. The molecule has 0 aromatic heterocycles. The Hall–Kier alpha value is -3.21. The van der Waals surface area contributed by atoms with Crippen molar-refractivity contribution in [2.24, 2.45) is 35.5 Å². The SMILES string of the molecule is Cc1cccc(NC(=O)[C@H](Cc2ccccc2)N2C(=O)[C@H]3[C@@H]4C=C[C@H]([C@H]5C[C@H]45)[C@@H]3C2=O)c1. The quantitative estimate of drug-likeness (QED) is 0.587. The van der Waals surface area contributed by atoms with Crippen molar-refractivity contribution in [1.29, 1.82) is 0 Å². The predicted octanol–water partition coefficient (Wildman–Crippen LogP) is 3.60. The third kappa shape index (κ3) is 2.94. The predicted molar refractivity (Wildman–Crippen MR) is 120 cm³/mol. The van der Waals surface area contributed by atoms with Crippen LogP contribution in [0, 0.1) is 42.4 Å². The minimum absolute atomic E-state index is 0.147. The van der Waals surface area contributed by atoms with Gasteiger partial charge >= 0.3 is 0 Å². The Balaban J connectivity index is 1.33. The molecule has 5 heteroatoms. The summed E-state index contributed by atoms with van der Waals surface area (Å²) in [6.45, 7) is 1.96. The molecule has 2 aromatic carbocycles. The first kappa shape index (κ1) is 19.5. The lowest BCUT2D eigenvalue weighted by atomic mass is 9.63. The van der Waals surface area contributed by atoms with Crippen molar-refractivity contribution in [1.82, 2.24) is 4.90 Å². The van der Waals surface area contributed by atoms with Gasteiger partial charge in [-0.05, 0) is 60.3 Å². The summed E-state index contributed by atoms with van der Waals surface area (Å²) >= 11 is 0. The van der Waals surface area contributed by atoms with Crippen LogP contribution in [0.4, 0.5) is 5.69 Å². The molecule has 4 aliphatic carbocycles. The molecular formula is C27H26N2O3. The monoisotopic (exact) mass is 426 g/mol. The number of imide groups is 1. The molecule has 0 unspecified atom stereocenters. The largest absolute Gasteiger partial charge is 0.324 e. The highest BCUT2D eigenvalue weighted by atomic mass is 16.2. The number of hydrogen-bond donors (Lipinski definition) is 1. The summed E-state index contributed by atoms with van der Waals surface area (Å²) in [5, 5.41) is 2.96. The lowest BCUT2D eigenvalue weighted by molar-refractivity contribution is -0.146. The highest BCUT2D eigenvalue weighted by Gasteiger charge is 2.67. The summed E-state index contributed by atoms with van der Waals surface area (Å²) in [7, 11) is 0. The molecule has 7 atom stereocenters. The molecule has 2 bridgehead atoms. The van der Waals surface area contributed by atoms with Crippen molar-refractivity contribution in [3.05, 3.63) is 77.9 Å². The van der Waals surface area contributed by atoms with Gasteiger partial charge in [0.05, 0.1) is 11.8 Å². The van der Waals surface area contributed by atoms with E-state index >= 15 is 0 Å². The average molecular weight is 427 g/mol. The Bertz CT molecular complexity index is 1100. The number of carbonyl (C=O) groups is 3. The molecule has 2 saturated carbocycles. The number of nitrogens with zero attached hydrogens (tertiary/aromatic N) is 1. The van der Waals surface area contributed by atoms with Gasteiger partial charge in [0.25, 0.3) is 0 Å². The lowest BCUT2D eigenvalue weighted by Crippen LogP contribution is -2.49. The minimum atomic E-state index is -0.862. The topological polar surface area (TPSA) is 66.5 Å². The van der Waals surface area contributed by atoms with E-state index < -0.39 is 6.04 Å². The van der Waals surface area contributed by atoms with Gasteiger partial charge in [-0.15, -0.1) is 0 Å². The van der Waals surface area contributed by atoms with Crippen molar-refractivity contribution < 1.29 is 14.4 Å². The van der Waals surface area contributed by atoms with Crippen LogP contribution < -0.4 is 5.32 Å². The molecule has 1 N–H and O–H groups in total. The van der Waals surface area contributed by atoms with E-state index in [2.05, 4.69) is 17.5 Å². The van der Waals surface area contributed by atoms with Gasteiger partial charge in [0.2, 0.25) is 17.7 Å². The van der Waals surface area contributed by atoms with Gasteiger partial charge < -0.3 is 5.32 Å². The van der Waals surface area contributed by atoms with Gasteiger partial charge in [-0.3, -0.25) is 19.3 Å². The normalized spacial score (nSPS) is 32.5. The lowest BCUT2D eigenvalue weighted by Gasteiger charge is -2.37. The number of allylic oxidation sites excluding steroid dienone is 2. The second-order valence-electron chi connectivity index (χ2n) is 9.77. The third-order valence-electron chi connectivity index (χ3n) is 7.87. The van der Waals surface area contributed by atoms with Gasteiger partial charge in [0.15, 0.2) is 0 Å². The third-order valence-corrected chi connectivity index (χ3v) is 7.87. The molecule has 5 aliphatic rings. The number of aryl methyl sites for hydroxylation is 1. The van der Waals surface area contributed by atoms with Gasteiger partial charge in [-0.25, -0.2) is 0 Å². The van der Waals surface area contributed by atoms with Crippen LogP contribution in [0.25, 0.3) is 0 Å². The van der Waals surface area contributed by atoms with E-state index in [1.165, 1.54) is 4.90 Å². The zero-order valence-electron chi connectivity index (χ0n) is 18.0. The second-order valence-corrected chi connectivity index (χ2v) is 9.77. The Morgan fingerprint density at radius 2 is 1.62 bits per heavy atom. The maximum Gasteiger partial charge on any atom is 0.248 e. The zero-order valence-corrected chi connectivity index (χ0v) is 18.0. The molecule has 7 rings (SSSR count). The van der Waals surface area contributed by atoms with Crippen LogP contribution in [0.15, 0.2) is 66.7 Å². The van der Waals surface area contributed by atoms with Gasteiger partial charge in [-0.2, -0.15) is 0 Å². The van der Waals surface area contributed by atoms with E-state index in [0.717, 1.165) is 17.5 Å². The number of anilines is 1. The molecule has 32 heavy (non-hydrogen) atoms. The molecule has 162 valence electrons. The van der Waals surface area contributed by atoms with Crippen LogP contribution in [0.3, 0.4) is 0 Å². The maximum absolute atomic E-state index is 13.6. The van der Waals surface area contributed by atoms with Crippen LogP contribution in [0.1, 0.15) is 17.5 Å². The van der Waals surface area contributed by atoms with Crippen LogP contribution in [-0.4, -0.2) is 28.7 Å². The van der Waals surface area contributed by atoms with Crippen LogP contribution in [0.2, 0.25) is 0 Å². The number of carbonyl (C=O) groups excluding carboxylic acids is 3. The van der Waals surface area contributed by atoms with Crippen molar-refractivity contribution in [2.45, 2.75) is 25.8 Å². The van der Waals surface area contributed by atoms with E-state index in [0.29, 0.717) is 23.9 Å². The van der Waals surface area contributed by atoms with Crippen molar-refractivity contribution >= 4 is 23.4 Å². The minimum Gasteiger partial charge on any atom is -0.324 e. The molecule has 1 saturated heterocycles. The van der Waals surface area contributed by atoms with Gasteiger partial charge in [-0.1, -0.05) is 54.6 Å². The molecular weight excluding hydrogens is 400 g/mol. The van der Waals surface area contributed by atoms with E-state index in [1.54, 1.807) is 0 Å². The Morgan fingerprint density at radius 1 is 0.969 bits per heavy atom. The first-order valence-corrected chi connectivity index (χ1v) is 11.5. The van der Waals surface area contributed by atoms with E-state index in [9.17, 15) is 14.4 Å². The molecule has 1 heterocycles. The number of nitrogens with one attached hydrogen (secondary N) is 1. The van der Waals surface area contributed by atoms with Crippen LogP contribution >= 0.6 is 0 Å². The van der Waals surface area contributed by atoms with E-state index in [-0.39, 0.29) is 41.4 Å². The smallest absolute Gasteiger partial charge is 0.248 e. The van der Waals surface area contributed by atoms with E-state index in [4.69, 9.17) is 0 Å². The number of benzene rings is 2. The molecule has 2 aromatic rings. The van der Waals surface area contributed by atoms with Crippen LogP contribution in [0.5, 0.6) is 0 Å². The first-order chi connectivity index (χ1) is 15.5. The molecule has 0 spiro atoms. The summed E-state index contributed by atoms with van der Waals surface area (Å²) in [5.41, 5.74) is 2.63. The number of hydrogen-bond acceptors (Lipinski definition) is 3. The fraction of sp³-hybridized carbons (Fsp3) is 0.370. The Morgan fingerprint density at radius 3 is 2.25 bits per heavy atom. The second kappa shape index (κ2) is 7.16. The fourth-order valence-corrected chi connectivity index (χ4v) is 6.37. The molecule has 3 amide bonds. The van der Waals surface area contributed by atoms with E-state index in [1.807, 2.05) is 61.5 Å². The molecule has 1 aliphatic heterocycles. The average Bonchev–Trinajstić information content (AvgIpc) is 3.57. The summed E-state index contributed by atoms with van der Waals surface area (Å²) in [4.78, 5) is 42.1. The van der Waals surface area contributed by atoms with Crippen molar-refractivity contribution in [3.63, 3.8) is 0 Å². The summed E-state index contributed by atoms with van der Waals surface area (Å²) in [6, 6.07) is 16.3. The fourth-order valence-electron chi connectivity index (χ4n) is 6.37. The van der Waals surface area contributed by atoms with Crippen molar-refractivity contribution in [3.8, 4) is 0 Å². The highest BCUT2D eigenvalue weighted by molar-refractivity contribution is 6.10. The summed E-state index contributed by atoms with van der Waals surface area (Å²) in [6.07, 6.45) is 5.75. The number of likely N-dealkylation sites (tertiary alicyclic amines) is 1. The Kier molecular flexibility index (Phi) is 4.36. The van der Waals surface area contributed by atoms with Gasteiger partial charge in [0, 0.05) is 12.1 Å². The standard InChI is InChI=1S/C27H26N2O3/c1-15-6-5-9-17(12-15)28-25(30)22(13-16-7-3-2-4-8-16)29-26(31)23-18-10-11-19(21-14-20(18)21)24(23)27(29)32/h2-12,18-24H,13-14H2,1H3,(H,28,30)/t18-,19-,20-,21-,22+,23+,24+/m1/s1. The van der Waals surface area contributed by atoms with Crippen molar-refractivity contribution in [2.75, 3.05) is 5.32 Å². The molecule has 3 fully saturated rings. The van der Waals surface area contributed by atoms with Gasteiger partial charge in [0.1, 0.15) is 6.04 Å². The highest BCUT2D eigenvalue weighted by Crippen LogP contribution is 2.65. The number of amides is 3. The zero-order chi connectivity index (χ0) is 22.0. The summed E-state index contributed by atoms with van der Waals surface area (Å²) in [5.74, 6) is 0.133. The number of rotatable bonds is 5. The van der Waals surface area contributed by atoms with Crippen LogP contribution in [-0.2, 0) is 20.8 Å². The maximum atomic E-state index is 13.6.